The van der Waals surface area contributed by atoms with Crippen LogP contribution in [0.25, 0.3) is 0 Å². The fraction of sp³-hybridized carbons (Fsp3) is 0.900. The smallest absolute Gasteiger partial charge is 0.138 e. The standard InChI is InChI=1S/C10H16O2/c11-8-5-1-3-7-4-2-6-9(12)10(7)8/h7-8,10-11H,1-6H2/t7?,8-,10?/m0/s1. The molecule has 3 atom stereocenters. The molecule has 68 valence electrons. The van der Waals surface area contributed by atoms with E-state index in [4.69, 9.17) is 0 Å². The van der Waals surface area contributed by atoms with Crippen molar-refractivity contribution in [3.05, 3.63) is 0 Å². The third kappa shape index (κ3) is 1.28. The molecule has 0 bridgehead atoms. The molecule has 0 saturated heterocycles. The first kappa shape index (κ1) is 8.24. The van der Waals surface area contributed by atoms with E-state index in [9.17, 15) is 9.90 Å². The molecule has 0 spiro atoms. The first-order valence-electron chi connectivity index (χ1n) is 5.00. The summed E-state index contributed by atoms with van der Waals surface area (Å²) in [4.78, 5) is 11.5. The van der Waals surface area contributed by atoms with Gasteiger partial charge >= 0.3 is 0 Å². The number of rotatable bonds is 0. The van der Waals surface area contributed by atoms with Gasteiger partial charge in [0.15, 0.2) is 0 Å². The third-order valence-corrected chi connectivity index (χ3v) is 3.37. The molecule has 2 unspecified atom stereocenters. The van der Waals surface area contributed by atoms with Gasteiger partial charge in [-0.25, -0.2) is 0 Å². The molecular weight excluding hydrogens is 152 g/mol. The van der Waals surface area contributed by atoms with Gasteiger partial charge < -0.3 is 5.11 Å². The van der Waals surface area contributed by atoms with Crippen molar-refractivity contribution in [2.24, 2.45) is 11.8 Å². The lowest BCUT2D eigenvalue weighted by Crippen LogP contribution is -2.40. The number of hydrogen-bond donors (Lipinski definition) is 1. The summed E-state index contributed by atoms with van der Waals surface area (Å²) in [5.41, 5.74) is 0. The van der Waals surface area contributed by atoms with E-state index < -0.39 is 0 Å². The summed E-state index contributed by atoms with van der Waals surface area (Å²) in [5.74, 6) is 0.834. The zero-order valence-corrected chi connectivity index (χ0v) is 7.33. The lowest BCUT2D eigenvalue weighted by Gasteiger charge is -2.37. The zero-order valence-electron chi connectivity index (χ0n) is 7.33. The van der Waals surface area contributed by atoms with Gasteiger partial charge in [0.05, 0.1) is 6.10 Å². The number of carbonyl (C=O) groups excluding carboxylic acids is 1. The normalized spacial score (nSPS) is 42.4. The zero-order chi connectivity index (χ0) is 8.55. The predicted octanol–water partition coefficient (Wildman–Crippen LogP) is 1.52. The van der Waals surface area contributed by atoms with E-state index >= 15 is 0 Å². The molecule has 0 aromatic heterocycles. The van der Waals surface area contributed by atoms with Crippen LogP contribution < -0.4 is 0 Å². The molecule has 2 aliphatic carbocycles. The first-order valence-corrected chi connectivity index (χ1v) is 5.00. The number of aliphatic hydroxyl groups is 1. The Kier molecular flexibility index (Phi) is 2.18. The predicted molar refractivity (Wildman–Crippen MR) is 45.7 cm³/mol. The summed E-state index contributed by atoms with van der Waals surface area (Å²) in [6, 6.07) is 0. The van der Waals surface area contributed by atoms with Crippen molar-refractivity contribution in [3.63, 3.8) is 0 Å². The Labute approximate surface area is 73.0 Å². The Bertz CT molecular complexity index is 186. The van der Waals surface area contributed by atoms with Crippen LogP contribution in [0.15, 0.2) is 0 Å². The van der Waals surface area contributed by atoms with Crippen LogP contribution in [0.1, 0.15) is 38.5 Å². The van der Waals surface area contributed by atoms with Crippen molar-refractivity contribution in [1.29, 1.82) is 0 Å². The fourth-order valence-corrected chi connectivity index (χ4v) is 2.77. The van der Waals surface area contributed by atoms with Crippen LogP contribution in [-0.4, -0.2) is 17.0 Å². The van der Waals surface area contributed by atoms with Crippen molar-refractivity contribution < 1.29 is 9.90 Å². The van der Waals surface area contributed by atoms with E-state index in [1.165, 1.54) is 0 Å². The van der Waals surface area contributed by atoms with Crippen molar-refractivity contribution in [2.45, 2.75) is 44.6 Å². The summed E-state index contributed by atoms with van der Waals surface area (Å²) < 4.78 is 0. The topological polar surface area (TPSA) is 37.3 Å². The van der Waals surface area contributed by atoms with Crippen LogP contribution >= 0.6 is 0 Å². The maximum absolute atomic E-state index is 11.5. The van der Waals surface area contributed by atoms with Crippen LogP contribution in [0.2, 0.25) is 0 Å². The highest BCUT2D eigenvalue weighted by Crippen LogP contribution is 2.38. The van der Waals surface area contributed by atoms with Crippen molar-refractivity contribution >= 4 is 5.78 Å². The van der Waals surface area contributed by atoms with Gasteiger partial charge in [0.2, 0.25) is 0 Å². The number of aliphatic hydroxyl groups excluding tert-OH is 1. The van der Waals surface area contributed by atoms with Crippen LogP contribution in [-0.2, 0) is 4.79 Å². The van der Waals surface area contributed by atoms with E-state index in [-0.39, 0.29) is 12.0 Å². The molecule has 2 fully saturated rings. The molecule has 12 heavy (non-hydrogen) atoms. The van der Waals surface area contributed by atoms with Gasteiger partial charge in [-0.15, -0.1) is 0 Å². The molecule has 0 heterocycles. The summed E-state index contributed by atoms with van der Waals surface area (Å²) in [6.45, 7) is 0. The minimum atomic E-state index is -0.323. The molecule has 0 aromatic carbocycles. The minimum absolute atomic E-state index is 0.00694. The average molecular weight is 168 g/mol. The maximum atomic E-state index is 11.5. The van der Waals surface area contributed by atoms with Crippen LogP contribution in [0.5, 0.6) is 0 Å². The maximum Gasteiger partial charge on any atom is 0.138 e. The second-order valence-corrected chi connectivity index (χ2v) is 4.14. The van der Waals surface area contributed by atoms with Crippen LogP contribution in [0, 0.1) is 11.8 Å². The van der Waals surface area contributed by atoms with Gasteiger partial charge in [-0.05, 0) is 31.6 Å². The van der Waals surface area contributed by atoms with Gasteiger partial charge in [0, 0.05) is 12.3 Å². The Morgan fingerprint density at radius 1 is 1.17 bits per heavy atom. The number of hydrogen-bond acceptors (Lipinski definition) is 2. The van der Waals surface area contributed by atoms with Gasteiger partial charge in [0.25, 0.3) is 0 Å². The summed E-state index contributed by atoms with van der Waals surface area (Å²) in [7, 11) is 0. The van der Waals surface area contributed by atoms with E-state index in [1.54, 1.807) is 0 Å². The van der Waals surface area contributed by atoms with Crippen LogP contribution in [0.3, 0.4) is 0 Å². The first-order chi connectivity index (χ1) is 5.79. The van der Waals surface area contributed by atoms with Crippen molar-refractivity contribution in [3.8, 4) is 0 Å². The second-order valence-electron chi connectivity index (χ2n) is 4.14. The summed E-state index contributed by atoms with van der Waals surface area (Å²) >= 11 is 0. The number of carbonyl (C=O) groups is 1. The van der Waals surface area contributed by atoms with E-state index in [0.717, 1.165) is 32.1 Å². The van der Waals surface area contributed by atoms with Gasteiger partial charge in [-0.2, -0.15) is 0 Å². The highest BCUT2D eigenvalue weighted by Gasteiger charge is 2.38. The van der Waals surface area contributed by atoms with Gasteiger partial charge in [-0.3, -0.25) is 4.79 Å². The summed E-state index contributed by atoms with van der Waals surface area (Å²) in [5, 5.41) is 9.65. The molecule has 2 rings (SSSR count). The average Bonchev–Trinajstić information content (AvgIpc) is 2.04. The molecular formula is C10H16O2. The van der Waals surface area contributed by atoms with Gasteiger partial charge in [0.1, 0.15) is 5.78 Å². The van der Waals surface area contributed by atoms with Crippen molar-refractivity contribution in [1.82, 2.24) is 0 Å². The Morgan fingerprint density at radius 3 is 2.67 bits per heavy atom. The molecule has 0 aliphatic heterocycles. The van der Waals surface area contributed by atoms with E-state index in [1.807, 2.05) is 0 Å². The SMILES string of the molecule is O=C1CCCC2CCC[C@H](O)C12. The number of ketones is 1. The van der Waals surface area contributed by atoms with Crippen LogP contribution in [0.4, 0.5) is 0 Å². The molecule has 0 amide bonds. The fourth-order valence-electron chi connectivity index (χ4n) is 2.77. The highest BCUT2D eigenvalue weighted by molar-refractivity contribution is 5.82. The Hall–Kier alpha value is -0.370. The third-order valence-electron chi connectivity index (χ3n) is 3.37. The van der Waals surface area contributed by atoms with E-state index in [2.05, 4.69) is 0 Å². The molecule has 2 heteroatoms. The molecule has 0 aromatic rings. The largest absolute Gasteiger partial charge is 0.392 e. The van der Waals surface area contributed by atoms with Gasteiger partial charge in [-0.1, -0.05) is 6.42 Å². The molecule has 0 radical (unpaired) electrons. The monoisotopic (exact) mass is 168 g/mol. The second kappa shape index (κ2) is 3.17. The van der Waals surface area contributed by atoms with E-state index in [0.29, 0.717) is 18.1 Å². The quantitative estimate of drug-likeness (QED) is 0.595. The number of Topliss-reactive ketones (excluding diaryl/α,β-unsaturated/α-hetero) is 1. The minimum Gasteiger partial charge on any atom is -0.392 e. The molecule has 2 saturated carbocycles. The summed E-state index contributed by atoms with van der Waals surface area (Å²) in [6.07, 6.45) is 5.70. The molecule has 2 nitrogen and oxygen atoms in total. The Balaban J connectivity index is 2.12. The lowest BCUT2D eigenvalue weighted by atomic mass is 9.69. The molecule has 1 N–H and O–H groups in total. The lowest BCUT2D eigenvalue weighted by molar-refractivity contribution is -0.133. The number of fused-ring (bicyclic) bond motifs is 1. The Morgan fingerprint density at radius 2 is 1.92 bits per heavy atom. The highest BCUT2D eigenvalue weighted by atomic mass is 16.3. The van der Waals surface area contributed by atoms with Crippen molar-refractivity contribution in [2.75, 3.05) is 0 Å². The molecule has 2 aliphatic rings.